The van der Waals surface area contributed by atoms with E-state index in [4.69, 9.17) is 4.74 Å². The van der Waals surface area contributed by atoms with E-state index >= 15 is 0 Å². The van der Waals surface area contributed by atoms with Crippen molar-refractivity contribution in [1.82, 2.24) is 10.2 Å². The van der Waals surface area contributed by atoms with E-state index in [1.807, 2.05) is 43.3 Å². The van der Waals surface area contributed by atoms with Crippen molar-refractivity contribution in [3.63, 3.8) is 0 Å². The number of nitrogens with one attached hydrogen (secondary N) is 1. The van der Waals surface area contributed by atoms with Crippen molar-refractivity contribution in [1.29, 1.82) is 0 Å². The second-order valence-electron chi connectivity index (χ2n) is 7.07. The first-order chi connectivity index (χ1) is 13.3. The summed E-state index contributed by atoms with van der Waals surface area (Å²) in [6.45, 7) is 5.67. The first kappa shape index (κ1) is 19.6. The first-order valence-corrected chi connectivity index (χ1v) is 9.99. The number of amides is 1. The van der Waals surface area contributed by atoms with Gasteiger partial charge < -0.3 is 15.0 Å². The zero-order valence-corrected chi connectivity index (χ0v) is 16.1. The van der Waals surface area contributed by atoms with Gasteiger partial charge in [0.05, 0.1) is 12.1 Å². The molecule has 2 aromatic rings. The minimum atomic E-state index is -0.108. The number of carbonyl (C=O) groups excluding carboxylic acids is 1. The van der Waals surface area contributed by atoms with Crippen LogP contribution in [0.1, 0.15) is 43.4 Å². The number of piperidine rings is 1. The largest absolute Gasteiger partial charge is 0.378 e. The van der Waals surface area contributed by atoms with Crippen LogP contribution in [-0.4, -0.2) is 43.2 Å². The molecule has 0 radical (unpaired) electrons. The van der Waals surface area contributed by atoms with Crippen molar-refractivity contribution in [3.05, 3.63) is 71.8 Å². The summed E-state index contributed by atoms with van der Waals surface area (Å²) < 4.78 is 5.70. The quantitative estimate of drug-likeness (QED) is 0.773. The maximum absolute atomic E-state index is 12.6. The Morgan fingerprint density at radius 2 is 1.59 bits per heavy atom. The van der Waals surface area contributed by atoms with Gasteiger partial charge in [0.25, 0.3) is 0 Å². The molecule has 1 N–H and O–H groups in total. The van der Waals surface area contributed by atoms with Crippen molar-refractivity contribution >= 4 is 5.91 Å². The molecule has 1 saturated heterocycles. The highest BCUT2D eigenvalue weighted by atomic mass is 16.5. The van der Waals surface area contributed by atoms with E-state index in [0.717, 1.165) is 50.2 Å². The van der Waals surface area contributed by atoms with Gasteiger partial charge in [-0.3, -0.25) is 4.79 Å². The van der Waals surface area contributed by atoms with Gasteiger partial charge in [0.15, 0.2) is 0 Å². The van der Waals surface area contributed by atoms with Crippen LogP contribution in [0.15, 0.2) is 60.7 Å². The van der Waals surface area contributed by atoms with Crippen LogP contribution < -0.4 is 5.32 Å². The summed E-state index contributed by atoms with van der Waals surface area (Å²) in [5.41, 5.74) is 2.21. The lowest BCUT2D eigenvalue weighted by atomic mass is 9.98. The van der Waals surface area contributed by atoms with Crippen molar-refractivity contribution in [2.45, 2.75) is 38.3 Å². The fourth-order valence-corrected chi connectivity index (χ4v) is 3.68. The molecular formula is C23H30N2O2. The van der Waals surface area contributed by atoms with Crippen LogP contribution in [0, 0.1) is 0 Å². The lowest BCUT2D eigenvalue weighted by molar-refractivity contribution is -0.122. The maximum Gasteiger partial charge on any atom is 0.222 e. The first-order valence-electron chi connectivity index (χ1n) is 9.99. The normalized spacial score (nSPS) is 15.8. The van der Waals surface area contributed by atoms with Gasteiger partial charge in [0.2, 0.25) is 5.91 Å². The summed E-state index contributed by atoms with van der Waals surface area (Å²) >= 11 is 0. The molecule has 4 nitrogen and oxygen atoms in total. The molecule has 2 aromatic carbocycles. The molecule has 0 bridgehead atoms. The highest BCUT2D eigenvalue weighted by Gasteiger charge is 2.21. The molecule has 0 aliphatic carbocycles. The molecule has 0 saturated carbocycles. The Morgan fingerprint density at radius 3 is 2.11 bits per heavy atom. The molecule has 1 amide bonds. The van der Waals surface area contributed by atoms with Gasteiger partial charge in [-0.25, -0.2) is 0 Å². The summed E-state index contributed by atoms with van der Waals surface area (Å²) in [5, 5.41) is 3.23. The Bertz CT molecular complexity index is 643. The van der Waals surface area contributed by atoms with Gasteiger partial charge in [-0.15, -0.1) is 0 Å². The molecule has 1 heterocycles. The summed E-state index contributed by atoms with van der Waals surface area (Å²) in [6, 6.07) is 20.2. The Hall–Kier alpha value is -2.17. The molecule has 0 aromatic heterocycles. The molecule has 0 spiro atoms. The highest BCUT2D eigenvalue weighted by molar-refractivity contribution is 5.77. The summed E-state index contributed by atoms with van der Waals surface area (Å²) in [6.07, 6.45) is 3.04. The summed E-state index contributed by atoms with van der Waals surface area (Å²) in [5.74, 6) is 0.0969. The van der Waals surface area contributed by atoms with E-state index in [9.17, 15) is 4.79 Å². The van der Waals surface area contributed by atoms with Gasteiger partial charge in [-0.1, -0.05) is 60.7 Å². The average Bonchev–Trinajstić information content (AvgIpc) is 2.73. The minimum Gasteiger partial charge on any atom is -0.378 e. The zero-order chi connectivity index (χ0) is 18.9. The molecule has 0 unspecified atom stereocenters. The predicted molar refractivity (Wildman–Crippen MR) is 109 cm³/mol. The Kier molecular flexibility index (Phi) is 7.43. The van der Waals surface area contributed by atoms with Gasteiger partial charge in [-0.05, 0) is 30.9 Å². The van der Waals surface area contributed by atoms with Crippen LogP contribution in [0.5, 0.6) is 0 Å². The molecule has 0 atom stereocenters. The average molecular weight is 367 g/mol. The molecule has 3 rings (SSSR count). The number of benzene rings is 2. The Labute approximate surface area is 162 Å². The molecule has 4 heteroatoms. The molecule has 1 aliphatic heterocycles. The number of rotatable bonds is 8. The third-order valence-electron chi connectivity index (χ3n) is 5.16. The number of carbonyl (C=O) groups is 1. The zero-order valence-electron chi connectivity index (χ0n) is 16.1. The topological polar surface area (TPSA) is 41.6 Å². The van der Waals surface area contributed by atoms with E-state index in [2.05, 4.69) is 34.5 Å². The van der Waals surface area contributed by atoms with Crippen molar-refractivity contribution in [2.24, 2.45) is 0 Å². The predicted octanol–water partition coefficient (Wildman–Crippen LogP) is 3.78. The maximum atomic E-state index is 12.6. The third kappa shape index (κ3) is 5.91. The van der Waals surface area contributed by atoms with Crippen LogP contribution in [0.25, 0.3) is 0 Å². The second kappa shape index (κ2) is 10.2. The van der Waals surface area contributed by atoms with Gasteiger partial charge in [-0.2, -0.15) is 0 Å². The Balaban J connectivity index is 1.54. The summed E-state index contributed by atoms with van der Waals surface area (Å²) in [7, 11) is 0. The fourth-order valence-electron chi connectivity index (χ4n) is 3.68. The lowest BCUT2D eigenvalue weighted by Gasteiger charge is -2.31. The number of ether oxygens (including phenoxy) is 1. The van der Waals surface area contributed by atoms with Crippen molar-refractivity contribution in [3.8, 4) is 0 Å². The van der Waals surface area contributed by atoms with Gasteiger partial charge >= 0.3 is 0 Å². The van der Waals surface area contributed by atoms with Crippen molar-refractivity contribution < 1.29 is 9.53 Å². The molecule has 1 fully saturated rings. The van der Waals surface area contributed by atoms with Gasteiger partial charge in [0, 0.05) is 32.7 Å². The monoisotopic (exact) mass is 366 g/mol. The van der Waals surface area contributed by atoms with Crippen LogP contribution >= 0.6 is 0 Å². The SMILES string of the molecule is CCOC1CCN(CCC(=O)NC(c2ccccc2)c2ccccc2)CC1. The van der Waals surface area contributed by atoms with Crippen LogP contribution in [0.2, 0.25) is 0 Å². The number of hydrogen-bond donors (Lipinski definition) is 1. The van der Waals surface area contributed by atoms with Crippen LogP contribution in [0.3, 0.4) is 0 Å². The summed E-state index contributed by atoms with van der Waals surface area (Å²) in [4.78, 5) is 15.0. The Morgan fingerprint density at radius 1 is 1.04 bits per heavy atom. The number of nitrogens with zero attached hydrogens (tertiary/aromatic N) is 1. The number of hydrogen-bond acceptors (Lipinski definition) is 3. The minimum absolute atomic E-state index is 0.0969. The standard InChI is InChI=1S/C23H30N2O2/c1-2-27-21-13-16-25(17-14-21)18-15-22(26)24-23(19-9-5-3-6-10-19)20-11-7-4-8-12-20/h3-12,21,23H,2,13-18H2,1H3,(H,24,26). The van der Waals surface area contributed by atoms with Gasteiger partial charge in [0.1, 0.15) is 0 Å². The lowest BCUT2D eigenvalue weighted by Crippen LogP contribution is -2.39. The van der Waals surface area contributed by atoms with E-state index in [1.54, 1.807) is 0 Å². The molecular weight excluding hydrogens is 336 g/mol. The molecule has 144 valence electrons. The van der Waals surface area contributed by atoms with E-state index in [-0.39, 0.29) is 11.9 Å². The molecule has 1 aliphatic rings. The van der Waals surface area contributed by atoms with E-state index in [1.165, 1.54) is 0 Å². The van der Waals surface area contributed by atoms with Crippen molar-refractivity contribution in [2.75, 3.05) is 26.2 Å². The fraction of sp³-hybridized carbons (Fsp3) is 0.435. The smallest absolute Gasteiger partial charge is 0.222 e. The number of likely N-dealkylation sites (tertiary alicyclic amines) is 1. The highest BCUT2D eigenvalue weighted by Crippen LogP contribution is 2.22. The molecule has 27 heavy (non-hydrogen) atoms. The second-order valence-corrected chi connectivity index (χ2v) is 7.07. The van der Waals surface area contributed by atoms with Crippen LogP contribution in [0.4, 0.5) is 0 Å². The van der Waals surface area contributed by atoms with E-state index in [0.29, 0.717) is 12.5 Å². The van der Waals surface area contributed by atoms with Crippen LogP contribution in [-0.2, 0) is 9.53 Å². The third-order valence-corrected chi connectivity index (χ3v) is 5.16. The van der Waals surface area contributed by atoms with E-state index < -0.39 is 0 Å².